The molecule has 106 valence electrons. The molecule has 0 aliphatic carbocycles. The van der Waals surface area contributed by atoms with Gasteiger partial charge in [0.05, 0.1) is 6.54 Å². The Balaban J connectivity index is 2.11. The molecule has 2 rings (SSSR count). The molecule has 1 heterocycles. The third kappa shape index (κ3) is 3.47. The molecule has 0 atom stereocenters. The van der Waals surface area contributed by atoms with E-state index in [9.17, 15) is 9.59 Å². The Morgan fingerprint density at radius 2 is 2.25 bits per heavy atom. The third-order valence-electron chi connectivity index (χ3n) is 2.83. The average Bonchev–Trinajstić information content (AvgIpc) is 2.91. The molecule has 0 spiro atoms. The van der Waals surface area contributed by atoms with E-state index in [1.165, 1.54) is 0 Å². The lowest BCUT2D eigenvalue weighted by molar-refractivity contribution is -0.135. The molecule has 0 radical (unpaired) electrons. The molecule has 0 fully saturated rings. The molecule has 0 saturated heterocycles. The first-order valence-corrected chi connectivity index (χ1v) is 6.22. The van der Waals surface area contributed by atoms with E-state index in [4.69, 9.17) is 5.11 Å². The summed E-state index contributed by atoms with van der Waals surface area (Å²) in [6, 6.07) is 5.13. The van der Waals surface area contributed by atoms with Gasteiger partial charge in [-0.05, 0) is 24.6 Å². The molecule has 7 nitrogen and oxygen atoms in total. The number of nitrogens with one attached hydrogen (secondary N) is 3. The molecule has 1 aromatic rings. The van der Waals surface area contributed by atoms with Crippen molar-refractivity contribution in [3.8, 4) is 0 Å². The van der Waals surface area contributed by atoms with E-state index in [0.717, 1.165) is 24.3 Å². The molecule has 1 amide bonds. The van der Waals surface area contributed by atoms with Crippen molar-refractivity contribution in [3.63, 3.8) is 0 Å². The number of nitrogens with zero attached hydrogens (tertiary/aromatic N) is 1. The van der Waals surface area contributed by atoms with Crippen LogP contribution in [0.1, 0.15) is 15.9 Å². The Labute approximate surface area is 116 Å². The summed E-state index contributed by atoms with van der Waals surface area (Å²) in [5.74, 6) is -0.818. The van der Waals surface area contributed by atoms with Crippen molar-refractivity contribution in [2.75, 3.05) is 25.0 Å². The van der Waals surface area contributed by atoms with Gasteiger partial charge in [0.1, 0.15) is 6.54 Å². The zero-order valence-corrected chi connectivity index (χ0v) is 11.1. The number of hydrogen-bond donors (Lipinski definition) is 4. The Bertz CT molecular complexity index is 569. The fourth-order valence-electron chi connectivity index (χ4n) is 1.77. The number of aliphatic carboxylic acids is 1. The molecule has 0 saturated carbocycles. The van der Waals surface area contributed by atoms with Gasteiger partial charge in [-0.25, -0.2) is 0 Å². The van der Waals surface area contributed by atoms with Crippen molar-refractivity contribution in [3.05, 3.63) is 29.3 Å². The zero-order valence-electron chi connectivity index (χ0n) is 11.1. The summed E-state index contributed by atoms with van der Waals surface area (Å²) in [6.45, 7) is 3.03. The van der Waals surface area contributed by atoms with Gasteiger partial charge in [0.15, 0.2) is 5.96 Å². The second-order valence-corrected chi connectivity index (χ2v) is 4.39. The lowest BCUT2D eigenvalue weighted by Gasteiger charge is -2.11. The Hall–Kier alpha value is -2.57. The Kier molecular flexibility index (Phi) is 4.19. The summed E-state index contributed by atoms with van der Waals surface area (Å²) in [4.78, 5) is 26.5. The van der Waals surface area contributed by atoms with Crippen molar-refractivity contribution >= 4 is 23.5 Å². The number of carboxylic acid groups (broad SMARTS) is 1. The van der Waals surface area contributed by atoms with Crippen molar-refractivity contribution < 1.29 is 14.7 Å². The maximum absolute atomic E-state index is 11.8. The fourth-order valence-corrected chi connectivity index (χ4v) is 1.77. The summed E-state index contributed by atoms with van der Waals surface area (Å²) < 4.78 is 0. The summed E-state index contributed by atoms with van der Waals surface area (Å²) in [6.07, 6.45) is 0. The number of rotatable bonds is 4. The molecule has 0 unspecified atom stereocenters. The first-order chi connectivity index (χ1) is 9.56. The van der Waals surface area contributed by atoms with Crippen LogP contribution in [0.15, 0.2) is 23.2 Å². The molecule has 0 bridgehead atoms. The topological polar surface area (TPSA) is 103 Å². The molecule has 4 N–H and O–H groups in total. The number of carbonyl (C=O) groups excluding carboxylic acids is 1. The van der Waals surface area contributed by atoms with Crippen LogP contribution in [-0.4, -0.2) is 42.6 Å². The smallest absolute Gasteiger partial charge is 0.322 e. The molecular formula is C13H16N4O3. The Morgan fingerprint density at radius 3 is 2.90 bits per heavy atom. The largest absolute Gasteiger partial charge is 0.480 e. The second kappa shape index (κ2) is 6.05. The maximum atomic E-state index is 11.8. The lowest BCUT2D eigenvalue weighted by atomic mass is 10.1. The van der Waals surface area contributed by atoms with Gasteiger partial charge in [-0.2, -0.15) is 0 Å². The predicted molar refractivity (Wildman–Crippen MR) is 75.1 cm³/mol. The second-order valence-electron chi connectivity index (χ2n) is 4.39. The van der Waals surface area contributed by atoms with Gasteiger partial charge in [-0.3, -0.25) is 14.6 Å². The van der Waals surface area contributed by atoms with Crippen molar-refractivity contribution in [2.45, 2.75) is 6.92 Å². The molecular weight excluding hydrogens is 260 g/mol. The van der Waals surface area contributed by atoms with Gasteiger partial charge in [0, 0.05) is 17.8 Å². The highest BCUT2D eigenvalue weighted by molar-refractivity contribution is 5.99. The lowest BCUT2D eigenvalue weighted by Crippen LogP contribution is -2.29. The number of aliphatic imine (C=N–C) groups is 1. The molecule has 1 aromatic carbocycles. The number of carbonyl (C=O) groups is 2. The molecule has 20 heavy (non-hydrogen) atoms. The summed E-state index contributed by atoms with van der Waals surface area (Å²) in [5.41, 5.74) is 2.13. The number of anilines is 1. The maximum Gasteiger partial charge on any atom is 0.322 e. The molecule has 0 aromatic heterocycles. The van der Waals surface area contributed by atoms with E-state index < -0.39 is 18.4 Å². The van der Waals surface area contributed by atoms with Crippen LogP contribution in [0.3, 0.4) is 0 Å². The highest BCUT2D eigenvalue weighted by Crippen LogP contribution is 2.17. The van der Waals surface area contributed by atoms with Crippen LogP contribution in [0.25, 0.3) is 0 Å². The number of aryl methyl sites for hydroxylation is 1. The molecule has 1 aliphatic heterocycles. The monoisotopic (exact) mass is 276 g/mol. The number of amides is 1. The van der Waals surface area contributed by atoms with Crippen LogP contribution in [0.2, 0.25) is 0 Å². The number of benzene rings is 1. The minimum Gasteiger partial charge on any atom is -0.480 e. The average molecular weight is 276 g/mol. The predicted octanol–water partition coefficient (Wildman–Crippen LogP) is 0.181. The molecule has 1 aliphatic rings. The Morgan fingerprint density at radius 1 is 1.45 bits per heavy atom. The normalized spacial score (nSPS) is 13.3. The highest BCUT2D eigenvalue weighted by atomic mass is 16.4. The molecule has 7 heteroatoms. The third-order valence-corrected chi connectivity index (χ3v) is 2.83. The van der Waals surface area contributed by atoms with Crippen LogP contribution in [0, 0.1) is 6.92 Å². The minimum atomic E-state index is -1.08. The number of carboxylic acids is 1. The minimum absolute atomic E-state index is 0.399. The summed E-state index contributed by atoms with van der Waals surface area (Å²) >= 11 is 0. The fraction of sp³-hybridized carbons (Fsp3) is 0.308. The summed E-state index contributed by atoms with van der Waals surface area (Å²) in [7, 11) is 0. The first-order valence-electron chi connectivity index (χ1n) is 6.22. The SMILES string of the molecule is Cc1ccc(C(=O)NCC(=O)O)cc1NC1=NCCN1. The van der Waals surface area contributed by atoms with Crippen LogP contribution < -0.4 is 16.0 Å². The van der Waals surface area contributed by atoms with E-state index in [2.05, 4.69) is 20.9 Å². The summed E-state index contributed by atoms with van der Waals surface area (Å²) in [5, 5.41) is 17.1. The van der Waals surface area contributed by atoms with E-state index in [1.807, 2.05) is 6.92 Å². The van der Waals surface area contributed by atoms with Crippen LogP contribution in [0.4, 0.5) is 5.69 Å². The van der Waals surface area contributed by atoms with Crippen LogP contribution in [0.5, 0.6) is 0 Å². The highest BCUT2D eigenvalue weighted by Gasteiger charge is 2.11. The van der Waals surface area contributed by atoms with E-state index in [-0.39, 0.29) is 0 Å². The van der Waals surface area contributed by atoms with Gasteiger partial charge in [-0.1, -0.05) is 6.07 Å². The van der Waals surface area contributed by atoms with Gasteiger partial charge < -0.3 is 21.1 Å². The zero-order chi connectivity index (χ0) is 14.5. The van der Waals surface area contributed by atoms with Crippen LogP contribution >= 0.6 is 0 Å². The number of hydrogen-bond acceptors (Lipinski definition) is 5. The van der Waals surface area contributed by atoms with E-state index in [0.29, 0.717) is 11.5 Å². The van der Waals surface area contributed by atoms with Crippen molar-refractivity contribution in [1.29, 1.82) is 0 Å². The van der Waals surface area contributed by atoms with Crippen molar-refractivity contribution in [1.82, 2.24) is 10.6 Å². The van der Waals surface area contributed by atoms with Gasteiger partial charge in [0.25, 0.3) is 5.91 Å². The van der Waals surface area contributed by atoms with E-state index in [1.54, 1.807) is 18.2 Å². The standard InChI is InChI=1S/C13H16N4O3/c1-8-2-3-9(12(20)16-7-11(18)19)6-10(8)17-13-14-4-5-15-13/h2-3,6H,4-5,7H2,1H3,(H,16,20)(H,18,19)(H2,14,15,17). The van der Waals surface area contributed by atoms with Crippen molar-refractivity contribution in [2.24, 2.45) is 4.99 Å². The number of guanidine groups is 1. The van der Waals surface area contributed by atoms with Gasteiger partial charge in [-0.15, -0.1) is 0 Å². The van der Waals surface area contributed by atoms with Gasteiger partial charge in [0.2, 0.25) is 0 Å². The van der Waals surface area contributed by atoms with E-state index >= 15 is 0 Å². The van der Waals surface area contributed by atoms with Gasteiger partial charge >= 0.3 is 5.97 Å². The quantitative estimate of drug-likeness (QED) is 0.628. The first kappa shape index (κ1) is 13.9. The van der Waals surface area contributed by atoms with Crippen LogP contribution in [-0.2, 0) is 4.79 Å².